The Hall–Kier alpha value is -1.78. The van der Waals surface area contributed by atoms with Gasteiger partial charge in [-0.1, -0.05) is 19.9 Å². The van der Waals surface area contributed by atoms with E-state index in [9.17, 15) is 18.4 Å². The first kappa shape index (κ1) is 13.3. The van der Waals surface area contributed by atoms with Crippen molar-refractivity contribution in [1.82, 2.24) is 0 Å². The summed E-state index contributed by atoms with van der Waals surface area (Å²) in [6.07, 6.45) is -2.56. The molecular weight excluding hydrogens is 228 g/mol. The summed E-state index contributed by atoms with van der Waals surface area (Å²) < 4.78 is 24.1. The Morgan fingerprint density at radius 3 is 2.47 bits per heavy atom. The maximum atomic E-state index is 12.1. The van der Waals surface area contributed by atoms with Crippen LogP contribution in [0.25, 0.3) is 0 Å². The van der Waals surface area contributed by atoms with Crippen molar-refractivity contribution in [1.29, 1.82) is 0 Å². The standard InChI is InChI=1S/C12H13F2NO2/c1-7(2)8-3-4-10(9(5-8)6-16)15-12(17)11(13)14/h3-7,11H,1-2H3,(H,15,17). The van der Waals surface area contributed by atoms with Crippen LogP contribution in [-0.2, 0) is 4.79 Å². The predicted molar refractivity (Wildman–Crippen MR) is 60.6 cm³/mol. The van der Waals surface area contributed by atoms with Crippen molar-refractivity contribution in [3.8, 4) is 0 Å². The van der Waals surface area contributed by atoms with Crippen LogP contribution >= 0.6 is 0 Å². The van der Waals surface area contributed by atoms with Gasteiger partial charge in [-0.05, 0) is 23.6 Å². The molecule has 1 N–H and O–H groups in total. The number of nitrogens with one attached hydrogen (secondary N) is 1. The highest BCUT2D eigenvalue weighted by atomic mass is 19.3. The van der Waals surface area contributed by atoms with E-state index in [-0.39, 0.29) is 17.2 Å². The van der Waals surface area contributed by atoms with Crippen LogP contribution in [0.3, 0.4) is 0 Å². The average Bonchev–Trinajstić information content (AvgIpc) is 2.28. The van der Waals surface area contributed by atoms with Crippen LogP contribution < -0.4 is 5.32 Å². The van der Waals surface area contributed by atoms with E-state index in [1.54, 1.807) is 12.1 Å². The molecule has 0 aliphatic carbocycles. The third-order valence-corrected chi connectivity index (χ3v) is 2.33. The molecule has 1 amide bonds. The molecule has 0 saturated heterocycles. The highest BCUT2D eigenvalue weighted by Crippen LogP contribution is 2.21. The molecule has 0 bridgehead atoms. The monoisotopic (exact) mass is 241 g/mol. The second kappa shape index (κ2) is 5.52. The molecule has 0 radical (unpaired) electrons. The van der Waals surface area contributed by atoms with Gasteiger partial charge in [-0.3, -0.25) is 9.59 Å². The van der Waals surface area contributed by atoms with Crippen molar-refractivity contribution in [2.45, 2.75) is 26.2 Å². The zero-order valence-corrected chi connectivity index (χ0v) is 9.54. The highest BCUT2D eigenvalue weighted by Gasteiger charge is 2.16. The molecule has 92 valence electrons. The summed E-state index contributed by atoms with van der Waals surface area (Å²) in [5, 5.41) is 2.01. The van der Waals surface area contributed by atoms with Gasteiger partial charge in [0, 0.05) is 5.56 Å². The number of aldehydes is 1. The van der Waals surface area contributed by atoms with E-state index >= 15 is 0 Å². The fourth-order valence-electron chi connectivity index (χ4n) is 1.34. The molecule has 5 heteroatoms. The summed E-state index contributed by atoms with van der Waals surface area (Å²) in [5.41, 5.74) is 1.21. The van der Waals surface area contributed by atoms with E-state index in [1.807, 2.05) is 19.2 Å². The number of alkyl halides is 2. The van der Waals surface area contributed by atoms with Gasteiger partial charge in [-0.25, -0.2) is 0 Å². The summed E-state index contributed by atoms with van der Waals surface area (Å²) in [4.78, 5) is 21.6. The molecule has 1 rings (SSSR count). The quantitative estimate of drug-likeness (QED) is 0.824. The molecular formula is C12H13F2NO2. The number of carbonyl (C=O) groups excluding carboxylic acids is 2. The van der Waals surface area contributed by atoms with Crippen molar-refractivity contribution in [3.63, 3.8) is 0 Å². The lowest BCUT2D eigenvalue weighted by Crippen LogP contribution is -2.20. The number of hydrogen-bond acceptors (Lipinski definition) is 2. The second-order valence-electron chi connectivity index (χ2n) is 3.91. The molecule has 0 unspecified atom stereocenters. The van der Waals surface area contributed by atoms with Crippen molar-refractivity contribution >= 4 is 17.9 Å². The number of carbonyl (C=O) groups is 2. The van der Waals surface area contributed by atoms with E-state index < -0.39 is 12.3 Å². The Labute approximate surface area is 97.8 Å². The van der Waals surface area contributed by atoms with Crippen molar-refractivity contribution in [2.24, 2.45) is 0 Å². The van der Waals surface area contributed by atoms with Crippen LogP contribution in [0.2, 0.25) is 0 Å². The average molecular weight is 241 g/mol. The first-order valence-corrected chi connectivity index (χ1v) is 5.14. The minimum atomic E-state index is -3.10. The lowest BCUT2D eigenvalue weighted by Gasteiger charge is -2.11. The third kappa shape index (κ3) is 3.34. The minimum Gasteiger partial charge on any atom is -0.320 e. The summed E-state index contributed by atoms with van der Waals surface area (Å²) in [6, 6.07) is 4.73. The van der Waals surface area contributed by atoms with Gasteiger partial charge in [0.1, 0.15) is 0 Å². The van der Waals surface area contributed by atoms with E-state index in [4.69, 9.17) is 0 Å². The Bertz CT molecular complexity index is 431. The summed E-state index contributed by atoms with van der Waals surface area (Å²) in [6.45, 7) is 3.89. The van der Waals surface area contributed by atoms with Crippen LogP contribution in [0, 0.1) is 0 Å². The van der Waals surface area contributed by atoms with Crippen LogP contribution in [0.15, 0.2) is 18.2 Å². The zero-order chi connectivity index (χ0) is 13.0. The largest absolute Gasteiger partial charge is 0.320 e. The SMILES string of the molecule is CC(C)c1ccc(NC(=O)C(F)F)c(C=O)c1. The molecule has 0 spiro atoms. The van der Waals surface area contributed by atoms with Crippen molar-refractivity contribution in [3.05, 3.63) is 29.3 Å². The van der Waals surface area contributed by atoms with Crippen LogP contribution in [0.1, 0.15) is 35.7 Å². The molecule has 0 fully saturated rings. The smallest absolute Gasteiger partial charge is 0.315 e. The van der Waals surface area contributed by atoms with Gasteiger partial charge in [0.05, 0.1) is 5.69 Å². The Kier molecular flexibility index (Phi) is 4.31. The Morgan fingerprint density at radius 2 is 2.00 bits per heavy atom. The molecule has 0 atom stereocenters. The number of anilines is 1. The fourth-order valence-corrected chi connectivity index (χ4v) is 1.34. The topological polar surface area (TPSA) is 46.2 Å². The van der Waals surface area contributed by atoms with E-state index in [1.165, 1.54) is 6.07 Å². The maximum absolute atomic E-state index is 12.1. The first-order chi connectivity index (χ1) is 7.95. The van der Waals surface area contributed by atoms with Gasteiger partial charge < -0.3 is 5.32 Å². The van der Waals surface area contributed by atoms with Gasteiger partial charge in [0.15, 0.2) is 6.29 Å². The normalized spacial score (nSPS) is 10.7. The number of halogens is 2. The lowest BCUT2D eigenvalue weighted by molar-refractivity contribution is -0.126. The molecule has 0 aromatic heterocycles. The zero-order valence-electron chi connectivity index (χ0n) is 9.54. The van der Waals surface area contributed by atoms with Crippen molar-refractivity contribution in [2.75, 3.05) is 5.32 Å². The molecule has 0 heterocycles. The maximum Gasteiger partial charge on any atom is 0.315 e. The van der Waals surface area contributed by atoms with Gasteiger partial charge in [0.25, 0.3) is 5.91 Å². The lowest BCUT2D eigenvalue weighted by atomic mass is 10.00. The Balaban J connectivity index is 3.01. The summed E-state index contributed by atoms with van der Waals surface area (Å²) in [5.74, 6) is -1.20. The molecule has 0 aliphatic heterocycles. The van der Waals surface area contributed by atoms with E-state index in [0.29, 0.717) is 6.29 Å². The van der Waals surface area contributed by atoms with Gasteiger partial charge in [0.2, 0.25) is 0 Å². The van der Waals surface area contributed by atoms with E-state index in [2.05, 4.69) is 0 Å². The van der Waals surface area contributed by atoms with Crippen LogP contribution in [-0.4, -0.2) is 18.6 Å². The molecule has 17 heavy (non-hydrogen) atoms. The van der Waals surface area contributed by atoms with Crippen molar-refractivity contribution < 1.29 is 18.4 Å². The number of benzene rings is 1. The van der Waals surface area contributed by atoms with Crippen LogP contribution in [0.4, 0.5) is 14.5 Å². The molecule has 1 aromatic rings. The van der Waals surface area contributed by atoms with E-state index in [0.717, 1.165) is 5.56 Å². The minimum absolute atomic E-state index is 0.106. The number of rotatable bonds is 4. The third-order valence-electron chi connectivity index (χ3n) is 2.33. The predicted octanol–water partition coefficient (Wildman–Crippen LogP) is 2.83. The highest BCUT2D eigenvalue weighted by molar-refractivity contribution is 5.97. The fraction of sp³-hybridized carbons (Fsp3) is 0.333. The van der Waals surface area contributed by atoms with Gasteiger partial charge in [-0.2, -0.15) is 8.78 Å². The molecule has 0 aliphatic rings. The first-order valence-electron chi connectivity index (χ1n) is 5.14. The molecule has 0 saturated carbocycles. The van der Waals surface area contributed by atoms with Gasteiger partial charge >= 0.3 is 6.43 Å². The van der Waals surface area contributed by atoms with Crippen LogP contribution in [0.5, 0.6) is 0 Å². The molecule has 1 aromatic carbocycles. The number of amides is 1. The molecule has 3 nitrogen and oxygen atoms in total. The second-order valence-corrected chi connectivity index (χ2v) is 3.91. The Morgan fingerprint density at radius 1 is 1.35 bits per heavy atom. The summed E-state index contributed by atoms with van der Waals surface area (Å²) in [7, 11) is 0. The number of hydrogen-bond donors (Lipinski definition) is 1. The summed E-state index contributed by atoms with van der Waals surface area (Å²) >= 11 is 0. The van der Waals surface area contributed by atoms with Gasteiger partial charge in [-0.15, -0.1) is 0 Å².